The summed E-state index contributed by atoms with van der Waals surface area (Å²) >= 11 is 0. The third-order valence-electron chi connectivity index (χ3n) is 3.39. The van der Waals surface area contributed by atoms with Gasteiger partial charge in [-0.05, 0) is 43.0 Å². The molecule has 0 radical (unpaired) electrons. The van der Waals surface area contributed by atoms with E-state index >= 15 is 0 Å². The van der Waals surface area contributed by atoms with E-state index in [0.29, 0.717) is 18.5 Å². The van der Waals surface area contributed by atoms with E-state index in [4.69, 9.17) is 5.11 Å². The van der Waals surface area contributed by atoms with Crippen molar-refractivity contribution >= 4 is 11.9 Å². The highest BCUT2D eigenvalue weighted by Gasteiger charge is 2.29. The quantitative estimate of drug-likeness (QED) is 0.795. The van der Waals surface area contributed by atoms with E-state index in [1.807, 2.05) is 12.1 Å². The van der Waals surface area contributed by atoms with Crippen LogP contribution in [0.4, 0.5) is 0 Å². The normalized spacial score (nSPS) is 22.2. The number of ether oxygens (including phenoxy) is 1. The van der Waals surface area contributed by atoms with Crippen molar-refractivity contribution in [3.63, 3.8) is 0 Å². The Balaban J connectivity index is 2.00. The van der Waals surface area contributed by atoms with Gasteiger partial charge in [0.1, 0.15) is 6.04 Å². The van der Waals surface area contributed by atoms with E-state index in [-0.39, 0.29) is 11.9 Å². The lowest BCUT2D eigenvalue weighted by molar-refractivity contribution is -0.139. The molecule has 2 N–H and O–H groups in total. The summed E-state index contributed by atoms with van der Waals surface area (Å²) in [5, 5.41) is 11.9. The molecule has 0 spiro atoms. The smallest absolute Gasteiger partial charge is 0.337 e. The van der Waals surface area contributed by atoms with Crippen LogP contribution in [0, 0.1) is 5.92 Å². The Labute approximate surface area is 111 Å². The fraction of sp³-hybridized carbons (Fsp3) is 0.429. The Kier molecular flexibility index (Phi) is 4.16. The molecule has 5 nitrogen and oxygen atoms in total. The summed E-state index contributed by atoms with van der Waals surface area (Å²) in [5.74, 6) is -0.866. The van der Waals surface area contributed by atoms with Crippen LogP contribution in [0.2, 0.25) is 0 Å². The first-order valence-corrected chi connectivity index (χ1v) is 6.23. The highest BCUT2D eigenvalue weighted by atomic mass is 16.5. The van der Waals surface area contributed by atoms with E-state index < -0.39 is 12.0 Å². The number of esters is 1. The fourth-order valence-electron chi connectivity index (χ4n) is 2.43. The SMILES string of the molecule is COC(=O)c1cccc(CC2CNC(C(=O)O)C2)c1. The lowest BCUT2D eigenvalue weighted by Gasteiger charge is -2.09. The first kappa shape index (κ1) is 13.5. The minimum atomic E-state index is -0.800. The van der Waals surface area contributed by atoms with Crippen molar-refractivity contribution in [1.29, 1.82) is 0 Å². The van der Waals surface area contributed by atoms with Gasteiger partial charge in [0.2, 0.25) is 0 Å². The first-order chi connectivity index (χ1) is 9.10. The second-order valence-corrected chi connectivity index (χ2v) is 4.80. The van der Waals surface area contributed by atoms with E-state index in [9.17, 15) is 9.59 Å². The zero-order chi connectivity index (χ0) is 13.8. The van der Waals surface area contributed by atoms with Crippen LogP contribution in [-0.4, -0.2) is 36.7 Å². The zero-order valence-electron chi connectivity index (χ0n) is 10.8. The summed E-state index contributed by atoms with van der Waals surface area (Å²) in [5.41, 5.74) is 1.56. The van der Waals surface area contributed by atoms with Gasteiger partial charge in [0.05, 0.1) is 12.7 Å². The maximum atomic E-state index is 11.4. The Morgan fingerprint density at radius 1 is 1.47 bits per heavy atom. The molecule has 2 atom stereocenters. The Morgan fingerprint density at radius 2 is 2.26 bits per heavy atom. The van der Waals surface area contributed by atoms with Crippen LogP contribution in [0.15, 0.2) is 24.3 Å². The molecule has 0 aromatic heterocycles. The predicted molar refractivity (Wildman–Crippen MR) is 69.0 cm³/mol. The molecule has 0 saturated carbocycles. The van der Waals surface area contributed by atoms with Crippen LogP contribution < -0.4 is 5.32 Å². The maximum absolute atomic E-state index is 11.4. The van der Waals surface area contributed by atoms with E-state index in [1.54, 1.807) is 12.1 Å². The average molecular weight is 263 g/mol. The van der Waals surface area contributed by atoms with Crippen molar-refractivity contribution in [3.8, 4) is 0 Å². The zero-order valence-corrected chi connectivity index (χ0v) is 10.8. The molecule has 0 aliphatic carbocycles. The van der Waals surface area contributed by atoms with E-state index in [0.717, 1.165) is 12.0 Å². The predicted octanol–water partition coefficient (Wildman–Crippen LogP) is 1.08. The van der Waals surface area contributed by atoms with Gasteiger partial charge in [-0.25, -0.2) is 4.79 Å². The fourth-order valence-corrected chi connectivity index (χ4v) is 2.43. The molecule has 1 aromatic carbocycles. The van der Waals surface area contributed by atoms with Crippen molar-refractivity contribution in [2.75, 3.05) is 13.7 Å². The summed E-state index contributed by atoms with van der Waals surface area (Å²) in [7, 11) is 1.35. The van der Waals surface area contributed by atoms with Gasteiger partial charge in [-0.3, -0.25) is 4.79 Å². The largest absolute Gasteiger partial charge is 0.480 e. The minimum Gasteiger partial charge on any atom is -0.480 e. The topological polar surface area (TPSA) is 75.6 Å². The molecule has 1 saturated heterocycles. The van der Waals surface area contributed by atoms with Crippen LogP contribution in [0.25, 0.3) is 0 Å². The van der Waals surface area contributed by atoms with Crippen LogP contribution in [0.3, 0.4) is 0 Å². The van der Waals surface area contributed by atoms with E-state index in [2.05, 4.69) is 10.1 Å². The second-order valence-electron chi connectivity index (χ2n) is 4.80. The monoisotopic (exact) mass is 263 g/mol. The van der Waals surface area contributed by atoms with Gasteiger partial charge in [0.15, 0.2) is 0 Å². The molecule has 2 unspecified atom stereocenters. The summed E-state index contributed by atoms with van der Waals surface area (Å²) in [6, 6.07) is 6.83. The molecule has 5 heteroatoms. The van der Waals surface area contributed by atoms with Crippen molar-refractivity contribution in [2.45, 2.75) is 18.9 Å². The molecule has 1 fully saturated rings. The standard InChI is InChI=1S/C14H17NO4/c1-19-14(18)11-4-2-3-9(6-11)5-10-7-12(13(16)17)15-8-10/h2-4,6,10,12,15H,5,7-8H2,1H3,(H,16,17). The van der Waals surface area contributed by atoms with Crippen LogP contribution >= 0.6 is 0 Å². The number of carbonyl (C=O) groups excluding carboxylic acids is 1. The number of methoxy groups -OCH3 is 1. The van der Waals surface area contributed by atoms with Crippen LogP contribution in [-0.2, 0) is 16.0 Å². The van der Waals surface area contributed by atoms with Gasteiger partial charge in [0, 0.05) is 0 Å². The van der Waals surface area contributed by atoms with Gasteiger partial charge >= 0.3 is 11.9 Å². The third-order valence-corrected chi connectivity index (χ3v) is 3.39. The van der Waals surface area contributed by atoms with Crippen molar-refractivity contribution < 1.29 is 19.4 Å². The van der Waals surface area contributed by atoms with Crippen LogP contribution in [0.5, 0.6) is 0 Å². The summed E-state index contributed by atoms with van der Waals surface area (Å²) in [6.45, 7) is 0.694. The molecule has 0 amide bonds. The average Bonchev–Trinajstić information content (AvgIpc) is 2.87. The molecule has 102 valence electrons. The van der Waals surface area contributed by atoms with Gasteiger partial charge in [-0.15, -0.1) is 0 Å². The highest BCUT2D eigenvalue weighted by molar-refractivity contribution is 5.89. The molecule has 19 heavy (non-hydrogen) atoms. The molecule has 1 aliphatic rings. The number of hydrogen-bond acceptors (Lipinski definition) is 4. The summed E-state index contributed by atoms with van der Waals surface area (Å²) in [6.07, 6.45) is 1.39. The molecule has 1 aliphatic heterocycles. The van der Waals surface area contributed by atoms with E-state index in [1.165, 1.54) is 7.11 Å². The Hall–Kier alpha value is -1.88. The molecule has 2 rings (SSSR count). The highest BCUT2D eigenvalue weighted by Crippen LogP contribution is 2.20. The minimum absolute atomic E-state index is 0.286. The number of rotatable bonds is 4. The number of carboxylic acid groups (broad SMARTS) is 1. The number of carboxylic acids is 1. The first-order valence-electron chi connectivity index (χ1n) is 6.23. The third kappa shape index (κ3) is 3.32. The lowest BCUT2D eigenvalue weighted by Crippen LogP contribution is -2.29. The molecule has 0 bridgehead atoms. The number of aliphatic carboxylic acids is 1. The van der Waals surface area contributed by atoms with Gasteiger partial charge < -0.3 is 15.2 Å². The number of carbonyl (C=O) groups is 2. The Morgan fingerprint density at radius 3 is 2.89 bits per heavy atom. The molecule has 1 heterocycles. The van der Waals surface area contributed by atoms with Crippen molar-refractivity contribution in [1.82, 2.24) is 5.32 Å². The molecule has 1 aromatic rings. The van der Waals surface area contributed by atoms with Crippen LogP contribution in [0.1, 0.15) is 22.3 Å². The molecular weight excluding hydrogens is 246 g/mol. The second kappa shape index (κ2) is 5.84. The Bertz CT molecular complexity index is 486. The number of nitrogens with one attached hydrogen (secondary N) is 1. The molecular formula is C14H17NO4. The maximum Gasteiger partial charge on any atom is 0.337 e. The van der Waals surface area contributed by atoms with Gasteiger partial charge in [-0.2, -0.15) is 0 Å². The van der Waals surface area contributed by atoms with Crippen molar-refractivity contribution in [3.05, 3.63) is 35.4 Å². The van der Waals surface area contributed by atoms with Gasteiger partial charge in [-0.1, -0.05) is 12.1 Å². The van der Waals surface area contributed by atoms with Crippen molar-refractivity contribution in [2.24, 2.45) is 5.92 Å². The summed E-state index contributed by atoms with van der Waals surface area (Å²) in [4.78, 5) is 22.3. The lowest BCUT2D eigenvalue weighted by atomic mass is 9.96. The number of hydrogen-bond donors (Lipinski definition) is 2. The van der Waals surface area contributed by atoms with Gasteiger partial charge in [0.25, 0.3) is 0 Å². The summed E-state index contributed by atoms with van der Waals surface area (Å²) < 4.78 is 4.68. The number of benzene rings is 1.